The fraction of sp³-hybridized carbons (Fsp3) is 0.818. The summed E-state index contributed by atoms with van der Waals surface area (Å²) in [6.07, 6.45) is 2.56. The molecule has 100 valence electrons. The van der Waals surface area contributed by atoms with Gasteiger partial charge in [0.05, 0.1) is 19.8 Å². The van der Waals surface area contributed by atoms with Gasteiger partial charge in [-0.05, 0) is 12.8 Å². The molecule has 1 aromatic rings. The normalized spacial score (nSPS) is 21.1. The minimum atomic E-state index is 0.661. The van der Waals surface area contributed by atoms with E-state index < -0.39 is 0 Å². The molecule has 0 unspecified atom stereocenters. The standard InChI is InChI=1S/C11H18N4OS2/c1-2-9(1)12-10-13-14-11(18-10)17-8-5-15-3-6-16-7-4-15/h9H,1-8H2,(H,12,13)/p+1. The molecular formula is C11H19N4OS2+. The maximum atomic E-state index is 5.35. The predicted octanol–water partition coefficient (Wildman–Crippen LogP) is 0.120. The van der Waals surface area contributed by atoms with E-state index in [2.05, 4.69) is 15.5 Å². The van der Waals surface area contributed by atoms with E-state index in [-0.39, 0.29) is 0 Å². The van der Waals surface area contributed by atoms with Crippen molar-refractivity contribution in [3.63, 3.8) is 0 Å². The van der Waals surface area contributed by atoms with Crippen LogP contribution in [0.2, 0.25) is 0 Å². The van der Waals surface area contributed by atoms with Gasteiger partial charge in [0.15, 0.2) is 4.34 Å². The molecule has 2 aliphatic rings. The van der Waals surface area contributed by atoms with E-state index in [1.54, 1.807) is 16.2 Å². The topological polar surface area (TPSA) is 51.5 Å². The number of hydrogen-bond donors (Lipinski definition) is 2. The van der Waals surface area contributed by atoms with Crippen molar-refractivity contribution < 1.29 is 9.64 Å². The van der Waals surface area contributed by atoms with Crippen molar-refractivity contribution in [3.05, 3.63) is 0 Å². The average Bonchev–Trinajstić information content (AvgIpc) is 3.10. The fourth-order valence-electron chi connectivity index (χ4n) is 1.92. The molecular weight excluding hydrogens is 268 g/mol. The van der Waals surface area contributed by atoms with Crippen LogP contribution in [-0.4, -0.2) is 54.8 Å². The Morgan fingerprint density at radius 1 is 1.33 bits per heavy atom. The van der Waals surface area contributed by atoms with Crippen LogP contribution in [0.3, 0.4) is 0 Å². The van der Waals surface area contributed by atoms with E-state index in [9.17, 15) is 0 Å². The molecule has 2 N–H and O–H groups in total. The second-order valence-corrected chi connectivity index (χ2v) is 7.07. The lowest BCUT2D eigenvalue weighted by Gasteiger charge is -2.23. The number of thioether (sulfide) groups is 1. The van der Waals surface area contributed by atoms with Crippen molar-refractivity contribution in [2.75, 3.05) is 43.9 Å². The zero-order valence-electron chi connectivity index (χ0n) is 10.4. The molecule has 1 aliphatic carbocycles. The number of anilines is 1. The Morgan fingerprint density at radius 2 is 2.17 bits per heavy atom. The summed E-state index contributed by atoms with van der Waals surface area (Å²) in [5.41, 5.74) is 0. The molecule has 0 aromatic carbocycles. The molecule has 0 spiro atoms. The van der Waals surface area contributed by atoms with Crippen LogP contribution in [-0.2, 0) is 4.74 Å². The van der Waals surface area contributed by atoms with E-state index in [4.69, 9.17) is 4.74 Å². The molecule has 7 heteroatoms. The Morgan fingerprint density at radius 3 is 2.94 bits per heavy atom. The predicted molar refractivity (Wildman–Crippen MR) is 73.7 cm³/mol. The fourth-order valence-corrected chi connectivity index (χ4v) is 3.86. The number of quaternary nitrogens is 1. The zero-order valence-corrected chi connectivity index (χ0v) is 12.0. The summed E-state index contributed by atoms with van der Waals surface area (Å²) in [7, 11) is 0. The minimum Gasteiger partial charge on any atom is -0.370 e. The zero-order chi connectivity index (χ0) is 12.2. The molecule has 1 saturated heterocycles. The Bertz CT molecular complexity index is 377. The Kier molecular flexibility index (Phi) is 4.35. The molecule has 5 nitrogen and oxygen atoms in total. The summed E-state index contributed by atoms with van der Waals surface area (Å²) in [4.78, 5) is 1.65. The lowest BCUT2D eigenvalue weighted by atomic mass is 10.4. The van der Waals surface area contributed by atoms with Gasteiger partial charge in [0.25, 0.3) is 0 Å². The largest absolute Gasteiger partial charge is 0.370 e. The van der Waals surface area contributed by atoms with Gasteiger partial charge in [-0.2, -0.15) is 0 Å². The van der Waals surface area contributed by atoms with Crippen LogP contribution in [0.5, 0.6) is 0 Å². The van der Waals surface area contributed by atoms with Gasteiger partial charge in [0.2, 0.25) is 5.13 Å². The third-order valence-corrected chi connectivity index (χ3v) is 5.18. The van der Waals surface area contributed by atoms with Crippen LogP contribution in [0.1, 0.15) is 12.8 Å². The molecule has 3 rings (SSSR count). The number of aromatic nitrogens is 2. The number of morpholine rings is 1. The minimum absolute atomic E-state index is 0.661. The second kappa shape index (κ2) is 6.18. The summed E-state index contributed by atoms with van der Waals surface area (Å²) in [6, 6.07) is 0.661. The van der Waals surface area contributed by atoms with E-state index in [0.29, 0.717) is 6.04 Å². The molecule has 2 heterocycles. The third-order valence-electron chi connectivity index (χ3n) is 3.19. The van der Waals surface area contributed by atoms with Gasteiger partial charge in [-0.1, -0.05) is 23.1 Å². The Labute approximate surface area is 115 Å². The van der Waals surface area contributed by atoms with E-state index in [1.807, 2.05) is 11.8 Å². The molecule has 1 aromatic heterocycles. The maximum absolute atomic E-state index is 5.35. The summed E-state index contributed by atoms with van der Waals surface area (Å²) >= 11 is 3.51. The molecule has 0 amide bonds. The lowest BCUT2D eigenvalue weighted by Crippen LogP contribution is -3.14. The summed E-state index contributed by atoms with van der Waals surface area (Å²) in [5.74, 6) is 1.12. The van der Waals surface area contributed by atoms with Crippen LogP contribution in [0.15, 0.2) is 4.34 Å². The third kappa shape index (κ3) is 3.81. The van der Waals surface area contributed by atoms with Crippen LogP contribution in [0, 0.1) is 0 Å². The average molecular weight is 287 g/mol. The van der Waals surface area contributed by atoms with Crippen molar-refractivity contribution in [2.45, 2.75) is 23.2 Å². The maximum Gasteiger partial charge on any atom is 0.206 e. The van der Waals surface area contributed by atoms with E-state index in [1.165, 1.54) is 19.4 Å². The van der Waals surface area contributed by atoms with E-state index in [0.717, 1.165) is 41.5 Å². The van der Waals surface area contributed by atoms with Crippen LogP contribution >= 0.6 is 23.1 Å². The van der Waals surface area contributed by atoms with Crippen LogP contribution < -0.4 is 10.2 Å². The number of nitrogens with one attached hydrogen (secondary N) is 2. The number of rotatable bonds is 6. The number of hydrogen-bond acceptors (Lipinski definition) is 6. The first kappa shape index (κ1) is 12.7. The first-order valence-electron chi connectivity index (χ1n) is 6.54. The summed E-state index contributed by atoms with van der Waals surface area (Å²) < 4.78 is 6.44. The highest BCUT2D eigenvalue weighted by Crippen LogP contribution is 2.29. The van der Waals surface area contributed by atoms with Crippen molar-refractivity contribution >= 4 is 28.2 Å². The first-order chi connectivity index (χ1) is 8.90. The molecule has 1 aliphatic heterocycles. The molecule has 1 saturated carbocycles. The SMILES string of the molecule is C1C[NH+](CCSc2nnc(NC3CC3)s2)CCO1. The molecule has 0 radical (unpaired) electrons. The lowest BCUT2D eigenvalue weighted by molar-refractivity contribution is -0.905. The highest BCUT2D eigenvalue weighted by molar-refractivity contribution is 8.01. The Hall–Kier alpha value is -0.370. The van der Waals surface area contributed by atoms with Gasteiger partial charge in [0, 0.05) is 11.8 Å². The van der Waals surface area contributed by atoms with E-state index >= 15 is 0 Å². The highest BCUT2D eigenvalue weighted by Gasteiger charge is 2.22. The van der Waals surface area contributed by atoms with Crippen molar-refractivity contribution in [1.82, 2.24) is 10.2 Å². The van der Waals surface area contributed by atoms with Crippen molar-refractivity contribution in [3.8, 4) is 0 Å². The van der Waals surface area contributed by atoms with Gasteiger partial charge < -0.3 is 15.0 Å². The number of ether oxygens (including phenoxy) is 1. The highest BCUT2D eigenvalue weighted by atomic mass is 32.2. The monoisotopic (exact) mass is 287 g/mol. The number of nitrogens with zero attached hydrogens (tertiary/aromatic N) is 2. The van der Waals surface area contributed by atoms with Gasteiger partial charge in [-0.3, -0.25) is 0 Å². The smallest absolute Gasteiger partial charge is 0.206 e. The van der Waals surface area contributed by atoms with Crippen molar-refractivity contribution in [1.29, 1.82) is 0 Å². The summed E-state index contributed by atoms with van der Waals surface area (Å²) in [5, 5.41) is 12.8. The molecule has 0 bridgehead atoms. The molecule has 2 fully saturated rings. The van der Waals surface area contributed by atoms with Gasteiger partial charge in [-0.15, -0.1) is 10.2 Å². The van der Waals surface area contributed by atoms with Crippen LogP contribution in [0.4, 0.5) is 5.13 Å². The van der Waals surface area contributed by atoms with Crippen LogP contribution in [0.25, 0.3) is 0 Å². The quantitative estimate of drug-likeness (QED) is 0.728. The van der Waals surface area contributed by atoms with Gasteiger partial charge in [0.1, 0.15) is 13.1 Å². The Balaban J connectivity index is 1.37. The van der Waals surface area contributed by atoms with Crippen molar-refractivity contribution in [2.24, 2.45) is 0 Å². The first-order valence-corrected chi connectivity index (χ1v) is 8.34. The summed E-state index contributed by atoms with van der Waals surface area (Å²) in [6.45, 7) is 5.30. The molecule has 0 atom stereocenters. The second-order valence-electron chi connectivity index (χ2n) is 4.75. The molecule has 18 heavy (non-hydrogen) atoms. The van der Waals surface area contributed by atoms with Gasteiger partial charge >= 0.3 is 0 Å². The van der Waals surface area contributed by atoms with Gasteiger partial charge in [-0.25, -0.2) is 0 Å².